The smallest absolute Gasteiger partial charge is 0.547 e. The largest absolute Gasteiger partial charge is 1.00 e. The third-order valence-corrected chi connectivity index (χ3v) is 5.96. The van der Waals surface area contributed by atoms with Crippen LogP contribution in [0, 0.1) is 0 Å². The van der Waals surface area contributed by atoms with Crippen LogP contribution in [0.4, 0.5) is 0 Å². The summed E-state index contributed by atoms with van der Waals surface area (Å²) in [6.07, 6.45) is -33.7. The molecule has 0 saturated carbocycles. The Kier molecular flexibility index (Phi) is 11.4. The van der Waals surface area contributed by atoms with Crippen molar-refractivity contribution in [3.63, 3.8) is 0 Å². The molecule has 15 atom stereocenters. The van der Waals surface area contributed by atoms with Crippen molar-refractivity contribution >= 4 is 17.9 Å². The average molecular weight is 566 g/mol. The molecular weight excluding hydrogens is 543 g/mol. The summed E-state index contributed by atoms with van der Waals surface area (Å²) < 4.78 is 24.4. The van der Waals surface area contributed by atoms with Crippen LogP contribution in [0.5, 0.6) is 0 Å². The molecule has 0 aliphatic carbocycles. The third-order valence-electron chi connectivity index (χ3n) is 5.96. The summed E-state index contributed by atoms with van der Waals surface area (Å²) >= 11 is 0. The van der Waals surface area contributed by atoms with Crippen molar-refractivity contribution in [1.82, 2.24) is 0 Å². The third kappa shape index (κ3) is 6.44. The van der Waals surface area contributed by atoms with Crippen LogP contribution >= 0.6 is 0 Å². The van der Waals surface area contributed by atoms with E-state index < -0.39 is 110 Å². The summed E-state index contributed by atoms with van der Waals surface area (Å²) in [5, 5.41) is 114. The molecule has 0 radical (unpaired) electrons. The number of hydrogen-bond acceptors (Lipinski definition) is 19. The molecule has 3 aliphatic heterocycles. The molecule has 0 aromatic rings. The molecule has 3 aliphatic rings. The van der Waals surface area contributed by atoms with Gasteiger partial charge in [-0.3, -0.25) is 0 Å². The summed E-state index contributed by atoms with van der Waals surface area (Å²) in [6.45, 7) is 0. The van der Waals surface area contributed by atoms with Crippen LogP contribution in [-0.4, -0.2) is 151 Å². The number of carbonyl (C=O) groups is 3. The predicted octanol–water partition coefficient (Wildman–Crippen LogP) is -14.3. The van der Waals surface area contributed by atoms with Gasteiger partial charge < -0.3 is 94.2 Å². The first kappa shape index (κ1) is 33.1. The van der Waals surface area contributed by atoms with E-state index in [0.717, 1.165) is 0 Å². The second-order valence-electron chi connectivity index (χ2n) is 8.39. The fraction of sp³-hybridized carbons (Fsp3) is 0.833. The zero-order valence-electron chi connectivity index (χ0n) is 19.2. The first-order valence-electron chi connectivity index (χ1n) is 10.5. The Labute approximate surface area is 233 Å². The van der Waals surface area contributed by atoms with Crippen molar-refractivity contribution in [3.8, 4) is 0 Å². The molecule has 0 spiro atoms. The van der Waals surface area contributed by atoms with Crippen LogP contribution in [-0.2, 0) is 38.1 Å². The average Bonchev–Trinajstić information content (AvgIpc) is 2.82. The van der Waals surface area contributed by atoms with Gasteiger partial charge in [0.15, 0.2) is 18.9 Å². The molecule has 3 fully saturated rings. The zero-order chi connectivity index (χ0) is 27.9. The molecule has 8 N–H and O–H groups in total. The van der Waals surface area contributed by atoms with Crippen molar-refractivity contribution in [3.05, 3.63) is 0 Å². The van der Waals surface area contributed by atoms with Gasteiger partial charge in [-0.15, -0.1) is 0 Å². The Balaban J connectivity index is 0.00000507. The maximum Gasteiger partial charge on any atom is 1.00 e. The molecule has 0 aromatic heterocycles. The Morgan fingerprint density at radius 2 is 0.868 bits per heavy atom. The van der Waals surface area contributed by atoms with E-state index in [-0.39, 0.29) is 29.6 Å². The minimum absolute atomic E-state index is 0. The number of aliphatic hydroxyl groups is 8. The van der Waals surface area contributed by atoms with Crippen molar-refractivity contribution in [1.29, 1.82) is 0 Å². The van der Waals surface area contributed by atoms with Gasteiger partial charge >= 0.3 is 29.6 Å². The van der Waals surface area contributed by atoms with Gasteiger partial charge in [-0.1, -0.05) is 0 Å². The van der Waals surface area contributed by atoms with Gasteiger partial charge in [0.2, 0.25) is 0 Å². The van der Waals surface area contributed by atoms with Gasteiger partial charge in [0.1, 0.15) is 73.2 Å². The minimum atomic E-state index is -2.43. The molecule has 20 heteroatoms. The van der Waals surface area contributed by atoms with Crippen molar-refractivity contribution in [2.24, 2.45) is 0 Å². The Hall–Kier alpha value is -1.11. The second kappa shape index (κ2) is 13.0. The number of hydrogen-bond donors (Lipinski definition) is 8. The zero-order valence-corrected chi connectivity index (χ0v) is 21.2. The quantitative estimate of drug-likeness (QED) is 0.133. The fourth-order valence-corrected chi connectivity index (χ4v) is 3.95. The summed E-state index contributed by atoms with van der Waals surface area (Å²) in [6, 6.07) is 0. The number of carboxylic acid groups (broad SMARTS) is 3. The van der Waals surface area contributed by atoms with Gasteiger partial charge in [0.25, 0.3) is 0 Å². The van der Waals surface area contributed by atoms with E-state index >= 15 is 0 Å². The van der Waals surface area contributed by atoms with Crippen LogP contribution in [0.2, 0.25) is 0 Å². The molecule has 3 heterocycles. The Morgan fingerprint density at radius 3 is 1.32 bits per heavy atom. The van der Waals surface area contributed by atoms with Crippen LogP contribution in [0.3, 0.4) is 0 Å². The number of carbonyl (C=O) groups excluding carboxylic acids is 3. The standard InChI is InChI=1S/C18H26O19.Na/c19-1-2(20)10(13(26)27)36-17(6(1)24)35-9-4(22)7(25)18(37-12(9)15(30)31)34-8-3(21)5(23)16(32)33-11(8)14(28)29;/h1-12,16-25,32H,(H,26,27)(H,28,29)(H,30,31);/q;+1/p-3. The van der Waals surface area contributed by atoms with E-state index in [1.807, 2.05) is 0 Å². The van der Waals surface area contributed by atoms with Crippen LogP contribution in [0.1, 0.15) is 0 Å². The molecule has 38 heavy (non-hydrogen) atoms. The summed E-state index contributed by atoms with van der Waals surface area (Å²) in [7, 11) is 0. The molecule has 15 unspecified atom stereocenters. The second-order valence-corrected chi connectivity index (χ2v) is 8.39. The molecule has 0 aromatic carbocycles. The normalized spacial score (nSPS) is 47.5. The predicted molar refractivity (Wildman–Crippen MR) is 95.0 cm³/mol. The summed E-state index contributed by atoms with van der Waals surface area (Å²) in [4.78, 5) is 34.1. The van der Waals surface area contributed by atoms with Crippen molar-refractivity contribution in [2.45, 2.75) is 92.1 Å². The van der Waals surface area contributed by atoms with Crippen LogP contribution in [0.25, 0.3) is 0 Å². The SMILES string of the molecule is O=C([O-])C1OC(OC2C(C(=O)[O-])OC(OC3C(C(=O)[O-])OC(O)C(O)C3O)C(O)C2O)C(O)C(O)C1O.[Na+]. The maximum absolute atomic E-state index is 11.7. The molecule has 0 amide bonds. The topological polar surface area (TPSA) is 328 Å². The molecule has 19 nitrogen and oxygen atoms in total. The molecular formula is C18H23NaO19-2. The van der Waals surface area contributed by atoms with Crippen LogP contribution in [0.15, 0.2) is 0 Å². The van der Waals surface area contributed by atoms with Gasteiger partial charge in [0.05, 0.1) is 17.9 Å². The molecule has 0 bridgehead atoms. The monoisotopic (exact) mass is 566 g/mol. The Bertz CT molecular complexity index is 860. The van der Waals surface area contributed by atoms with E-state index in [9.17, 15) is 70.6 Å². The summed E-state index contributed by atoms with van der Waals surface area (Å²) in [5.74, 6) is -6.27. The van der Waals surface area contributed by atoms with E-state index in [0.29, 0.717) is 0 Å². The first-order valence-corrected chi connectivity index (χ1v) is 10.5. The van der Waals surface area contributed by atoms with Gasteiger partial charge in [-0.2, -0.15) is 0 Å². The number of carboxylic acids is 3. The molecule has 212 valence electrons. The number of aliphatic carboxylic acids is 3. The number of rotatable bonds is 7. The number of ether oxygens (including phenoxy) is 5. The van der Waals surface area contributed by atoms with E-state index in [4.69, 9.17) is 18.9 Å². The molecule has 3 rings (SSSR count). The van der Waals surface area contributed by atoms with Crippen LogP contribution < -0.4 is 44.9 Å². The Morgan fingerprint density at radius 1 is 0.500 bits per heavy atom. The van der Waals surface area contributed by atoms with Crippen molar-refractivity contribution in [2.75, 3.05) is 0 Å². The maximum atomic E-state index is 11.7. The van der Waals surface area contributed by atoms with Gasteiger partial charge in [-0.05, 0) is 0 Å². The molecule has 3 saturated heterocycles. The van der Waals surface area contributed by atoms with E-state index in [1.54, 1.807) is 0 Å². The van der Waals surface area contributed by atoms with Gasteiger partial charge in [0, 0.05) is 0 Å². The minimum Gasteiger partial charge on any atom is -0.547 e. The van der Waals surface area contributed by atoms with E-state index in [2.05, 4.69) is 4.74 Å². The van der Waals surface area contributed by atoms with E-state index in [1.165, 1.54) is 0 Å². The van der Waals surface area contributed by atoms with Gasteiger partial charge in [-0.25, -0.2) is 0 Å². The summed E-state index contributed by atoms with van der Waals surface area (Å²) in [5.41, 5.74) is 0. The fourth-order valence-electron chi connectivity index (χ4n) is 3.95. The van der Waals surface area contributed by atoms with Crippen molar-refractivity contribution < 1.29 is 124 Å². The number of aliphatic hydroxyl groups excluding tert-OH is 8. The first-order chi connectivity index (χ1) is 17.2.